The number of hydrogen-bond donors (Lipinski definition) is 1. The Hall–Kier alpha value is -2.67. The Morgan fingerprint density at radius 2 is 2.12 bits per heavy atom. The molecule has 6 nitrogen and oxygen atoms in total. The first kappa shape index (κ1) is 16.2. The number of amides is 1. The van der Waals surface area contributed by atoms with E-state index in [9.17, 15) is 9.59 Å². The molecule has 7 heteroatoms. The van der Waals surface area contributed by atoms with Crippen molar-refractivity contribution in [1.82, 2.24) is 15.0 Å². The molecule has 0 bridgehead atoms. The van der Waals surface area contributed by atoms with Crippen LogP contribution in [0.5, 0.6) is 0 Å². The number of carbonyl (C=O) groups is 1. The number of benzene rings is 1. The summed E-state index contributed by atoms with van der Waals surface area (Å²) in [5.41, 5.74) is 1.73. The lowest BCUT2D eigenvalue weighted by atomic mass is 10.1. The van der Waals surface area contributed by atoms with E-state index in [-0.39, 0.29) is 12.5 Å². The van der Waals surface area contributed by atoms with Crippen LogP contribution in [0, 0.1) is 6.92 Å². The van der Waals surface area contributed by atoms with Crippen molar-refractivity contribution in [3.63, 3.8) is 0 Å². The average molecular weight is 343 g/mol. The van der Waals surface area contributed by atoms with Gasteiger partial charge in [0.25, 0.3) is 0 Å². The molecular formula is C17H17N3O3S. The predicted octanol–water partition coefficient (Wildman–Crippen LogP) is 2.23. The summed E-state index contributed by atoms with van der Waals surface area (Å²) in [7, 11) is 0. The SMILES string of the molecule is Cc1ccccc1-c1noc(=O)n1CC(=O)NCCc1cccs1. The van der Waals surface area contributed by atoms with Crippen molar-refractivity contribution in [3.05, 3.63) is 62.8 Å². The Kier molecular flexibility index (Phi) is 4.90. The highest BCUT2D eigenvalue weighted by Gasteiger charge is 2.16. The van der Waals surface area contributed by atoms with Gasteiger partial charge in [-0.2, -0.15) is 0 Å². The molecule has 0 fully saturated rings. The van der Waals surface area contributed by atoms with Crippen molar-refractivity contribution in [1.29, 1.82) is 0 Å². The summed E-state index contributed by atoms with van der Waals surface area (Å²) in [6.45, 7) is 2.33. The van der Waals surface area contributed by atoms with Gasteiger partial charge < -0.3 is 5.32 Å². The van der Waals surface area contributed by atoms with Gasteiger partial charge in [0.05, 0.1) is 0 Å². The first-order chi connectivity index (χ1) is 11.6. The van der Waals surface area contributed by atoms with Gasteiger partial charge in [0.1, 0.15) is 6.54 Å². The summed E-state index contributed by atoms with van der Waals surface area (Å²) in [6.07, 6.45) is 0.770. The summed E-state index contributed by atoms with van der Waals surface area (Å²) in [4.78, 5) is 25.2. The molecule has 124 valence electrons. The molecule has 1 N–H and O–H groups in total. The van der Waals surface area contributed by atoms with Gasteiger partial charge in [0.15, 0.2) is 5.82 Å². The zero-order valence-electron chi connectivity index (χ0n) is 13.2. The fraction of sp³-hybridized carbons (Fsp3) is 0.235. The summed E-state index contributed by atoms with van der Waals surface area (Å²) in [5, 5.41) is 8.64. The van der Waals surface area contributed by atoms with Crippen molar-refractivity contribution in [3.8, 4) is 11.4 Å². The van der Waals surface area contributed by atoms with Crippen LogP contribution in [0.3, 0.4) is 0 Å². The first-order valence-electron chi connectivity index (χ1n) is 7.57. The second-order valence-corrected chi connectivity index (χ2v) is 6.38. The topological polar surface area (TPSA) is 77.1 Å². The monoisotopic (exact) mass is 343 g/mol. The largest absolute Gasteiger partial charge is 0.442 e. The fourth-order valence-electron chi connectivity index (χ4n) is 2.40. The van der Waals surface area contributed by atoms with E-state index in [1.54, 1.807) is 11.3 Å². The zero-order valence-corrected chi connectivity index (χ0v) is 14.0. The molecule has 3 aromatic rings. The number of thiophene rings is 1. The minimum absolute atomic E-state index is 0.115. The second-order valence-electron chi connectivity index (χ2n) is 5.35. The average Bonchev–Trinajstić information content (AvgIpc) is 3.19. The molecule has 0 aliphatic carbocycles. The number of carbonyl (C=O) groups excluding carboxylic acids is 1. The van der Waals surface area contributed by atoms with Crippen molar-refractivity contribution in [2.45, 2.75) is 19.9 Å². The molecule has 2 heterocycles. The van der Waals surface area contributed by atoms with Gasteiger partial charge in [-0.15, -0.1) is 11.3 Å². The van der Waals surface area contributed by atoms with E-state index in [1.165, 1.54) is 9.44 Å². The van der Waals surface area contributed by atoms with Crippen LogP contribution in [0.4, 0.5) is 0 Å². The molecule has 1 aromatic carbocycles. The fourth-order valence-corrected chi connectivity index (χ4v) is 3.11. The van der Waals surface area contributed by atoms with Crippen LogP contribution in [-0.2, 0) is 17.8 Å². The number of aryl methyl sites for hydroxylation is 1. The summed E-state index contributed by atoms with van der Waals surface area (Å²) < 4.78 is 6.00. The van der Waals surface area contributed by atoms with E-state index >= 15 is 0 Å². The Morgan fingerprint density at radius 1 is 1.29 bits per heavy atom. The minimum Gasteiger partial charge on any atom is -0.354 e. The Labute approximate surface area is 142 Å². The Balaban J connectivity index is 1.69. The van der Waals surface area contributed by atoms with Crippen molar-refractivity contribution >= 4 is 17.2 Å². The highest BCUT2D eigenvalue weighted by Crippen LogP contribution is 2.19. The number of rotatable bonds is 6. The molecular weight excluding hydrogens is 326 g/mol. The molecule has 0 atom stereocenters. The number of nitrogens with one attached hydrogen (secondary N) is 1. The van der Waals surface area contributed by atoms with Crippen LogP contribution in [-0.4, -0.2) is 22.2 Å². The maximum absolute atomic E-state index is 12.1. The summed E-state index contributed by atoms with van der Waals surface area (Å²) in [5.74, 6) is -0.514. The third-order valence-corrected chi connectivity index (χ3v) is 4.58. The summed E-state index contributed by atoms with van der Waals surface area (Å²) >= 11 is 1.65. The van der Waals surface area contributed by atoms with Gasteiger partial charge in [0, 0.05) is 17.0 Å². The van der Waals surface area contributed by atoms with E-state index in [0.717, 1.165) is 17.5 Å². The third-order valence-electron chi connectivity index (χ3n) is 3.65. The van der Waals surface area contributed by atoms with Crippen molar-refractivity contribution in [2.75, 3.05) is 6.54 Å². The van der Waals surface area contributed by atoms with Gasteiger partial charge >= 0.3 is 5.76 Å². The van der Waals surface area contributed by atoms with Crippen molar-refractivity contribution in [2.24, 2.45) is 0 Å². The molecule has 0 saturated heterocycles. The molecule has 24 heavy (non-hydrogen) atoms. The van der Waals surface area contributed by atoms with Crippen LogP contribution in [0.2, 0.25) is 0 Å². The van der Waals surface area contributed by atoms with Crippen LogP contribution in [0.25, 0.3) is 11.4 Å². The van der Waals surface area contributed by atoms with E-state index in [0.29, 0.717) is 12.4 Å². The molecule has 0 saturated carbocycles. The molecule has 0 spiro atoms. The molecule has 1 amide bonds. The van der Waals surface area contributed by atoms with Gasteiger partial charge in [-0.1, -0.05) is 35.5 Å². The molecule has 0 aliphatic rings. The zero-order chi connectivity index (χ0) is 16.9. The number of aromatic nitrogens is 2. The molecule has 0 unspecified atom stereocenters. The second kappa shape index (κ2) is 7.27. The lowest BCUT2D eigenvalue weighted by Gasteiger charge is -2.07. The Bertz CT molecular complexity index is 881. The van der Waals surface area contributed by atoms with Gasteiger partial charge in [-0.05, 0) is 30.4 Å². The number of nitrogens with zero attached hydrogens (tertiary/aromatic N) is 2. The van der Waals surface area contributed by atoms with Gasteiger partial charge in [-0.3, -0.25) is 9.32 Å². The predicted molar refractivity (Wildman–Crippen MR) is 92.0 cm³/mol. The lowest BCUT2D eigenvalue weighted by molar-refractivity contribution is -0.121. The van der Waals surface area contributed by atoms with E-state index in [2.05, 4.69) is 10.5 Å². The van der Waals surface area contributed by atoms with E-state index in [4.69, 9.17) is 4.52 Å². The highest BCUT2D eigenvalue weighted by molar-refractivity contribution is 7.09. The Morgan fingerprint density at radius 3 is 2.88 bits per heavy atom. The molecule has 0 radical (unpaired) electrons. The molecule has 0 aliphatic heterocycles. The van der Waals surface area contributed by atoms with E-state index in [1.807, 2.05) is 48.7 Å². The van der Waals surface area contributed by atoms with Gasteiger partial charge in [0.2, 0.25) is 5.91 Å². The van der Waals surface area contributed by atoms with Gasteiger partial charge in [-0.25, -0.2) is 9.36 Å². The first-order valence-corrected chi connectivity index (χ1v) is 8.44. The maximum Gasteiger partial charge on any atom is 0.442 e. The van der Waals surface area contributed by atoms with Crippen LogP contribution in [0.15, 0.2) is 51.1 Å². The molecule has 3 rings (SSSR count). The third kappa shape index (κ3) is 3.62. The molecule has 2 aromatic heterocycles. The quantitative estimate of drug-likeness (QED) is 0.744. The number of hydrogen-bond acceptors (Lipinski definition) is 5. The lowest BCUT2D eigenvalue weighted by Crippen LogP contribution is -2.32. The minimum atomic E-state index is -0.637. The normalized spacial score (nSPS) is 10.7. The standard InChI is InChI=1S/C17H17N3O3S/c1-12-5-2-3-7-14(12)16-19-23-17(22)20(16)11-15(21)18-9-8-13-6-4-10-24-13/h2-7,10H,8-9,11H2,1H3,(H,18,21). The van der Waals surface area contributed by atoms with E-state index < -0.39 is 5.76 Å². The maximum atomic E-state index is 12.1. The van der Waals surface area contributed by atoms with Crippen LogP contribution >= 0.6 is 11.3 Å². The van der Waals surface area contributed by atoms with Crippen LogP contribution < -0.4 is 11.1 Å². The smallest absolute Gasteiger partial charge is 0.354 e. The highest BCUT2D eigenvalue weighted by atomic mass is 32.1. The summed E-state index contributed by atoms with van der Waals surface area (Å²) in [6, 6.07) is 11.5. The van der Waals surface area contributed by atoms with Crippen LogP contribution in [0.1, 0.15) is 10.4 Å². The van der Waals surface area contributed by atoms with Crippen molar-refractivity contribution < 1.29 is 9.32 Å².